The molecule has 1 heterocycles. The number of hydrogen-bond acceptors (Lipinski definition) is 1. The summed E-state index contributed by atoms with van der Waals surface area (Å²) < 4.78 is 11.7. The minimum atomic E-state index is -0.585. The quantitative estimate of drug-likeness (QED) is 0.590. The lowest BCUT2D eigenvalue weighted by atomic mass is 9.75. The van der Waals surface area contributed by atoms with Crippen LogP contribution < -0.4 is 0 Å². The van der Waals surface area contributed by atoms with Gasteiger partial charge in [0.1, 0.15) is 0 Å². The fraction of sp³-hybridized carbons (Fsp3) is 1.00. The van der Waals surface area contributed by atoms with Crippen molar-refractivity contribution in [3.8, 4) is 0 Å². The van der Waals surface area contributed by atoms with Crippen molar-refractivity contribution in [3.63, 3.8) is 0 Å². The van der Waals surface area contributed by atoms with E-state index in [1.165, 1.54) is 0 Å². The highest BCUT2D eigenvalue weighted by atomic mass is 32.2. The Bertz CT molecular complexity index is 191. The molecule has 13 heavy (non-hydrogen) atoms. The van der Waals surface area contributed by atoms with Gasteiger partial charge in [-0.15, -0.1) is 0 Å². The van der Waals surface area contributed by atoms with E-state index in [1.54, 1.807) is 0 Å². The molecule has 0 saturated carbocycles. The van der Waals surface area contributed by atoms with Crippen LogP contribution >= 0.6 is 0 Å². The summed E-state index contributed by atoms with van der Waals surface area (Å²) in [4.78, 5) is 0. The van der Waals surface area contributed by atoms with E-state index in [9.17, 15) is 4.21 Å². The van der Waals surface area contributed by atoms with Crippen LogP contribution in [0.25, 0.3) is 0 Å². The van der Waals surface area contributed by atoms with Crippen molar-refractivity contribution in [1.82, 2.24) is 0 Å². The standard InChI is InChI=1S/C11H22OS/c1-8-6-10(11(3,4)5)7-9(2)13(8)12/h8-10H,6-7H2,1-5H3. The van der Waals surface area contributed by atoms with Gasteiger partial charge in [-0.2, -0.15) is 0 Å². The third-order valence-corrected chi connectivity index (χ3v) is 5.22. The van der Waals surface area contributed by atoms with Crippen molar-refractivity contribution in [2.24, 2.45) is 11.3 Å². The molecule has 1 fully saturated rings. The first-order valence-electron chi connectivity index (χ1n) is 5.21. The van der Waals surface area contributed by atoms with Crippen LogP contribution in [0.4, 0.5) is 0 Å². The summed E-state index contributed by atoms with van der Waals surface area (Å²) in [6.45, 7) is 11.1. The Morgan fingerprint density at radius 3 is 1.77 bits per heavy atom. The molecular weight excluding hydrogens is 180 g/mol. The maximum atomic E-state index is 11.7. The van der Waals surface area contributed by atoms with Gasteiger partial charge in [0, 0.05) is 21.3 Å². The van der Waals surface area contributed by atoms with Crippen LogP contribution in [0.1, 0.15) is 47.5 Å². The van der Waals surface area contributed by atoms with Crippen molar-refractivity contribution < 1.29 is 4.21 Å². The molecule has 0 aliphatic carbocycles. The zero-order chi connectivity index (χ0) is 10.2. The largest absolute Gasteiger partial charge is 0.259 e. The Balaban J connectivity index is 2.69. The molecule has 1 nitrogen and oxygen atoms in total. The Morgan fingerprint density at radius 2 is 1.46 bits per heavy atom. The molecule has 2 heteroatoms. The first-order valence-corrected chi connectivity index (χ1v) is 6.49. The molecule has 0 amide bonds. The summed E-state index contributed by atoms with van der Waals surface area (Å²) in [5.74, 6) is 0.746. The van der Waals surface area contributed by atoms with E-state index in [2.05, 4.69) is 34.6 Å². The highest BCUT2D eigenvalue weighted by Crippen LogP contribution is 2.39. The van der Waals surface area contributed by atoms with Crippen molar-refractivity contribution in [1.29, 1.82) is 0 Å². The summed E-state index contributed by atoms with van der Waals surface area (Å²) in [6, 6.07) is 0. The minimum Gasteiger partial charge on any atom is -0.259 e. The summed E-state index contributed by atoms with van der Waals surface area (Å²) in [6.07, 6.45) is 2.28. The lowest BCUT2D eigenvalue weighted by Crippen LogP contribution is -2.37. The molecule has 0 spiro atoms. The van der Waals surface area contributed by atoms with Gasteiger partial charge in [0.05, 0.1) is 0 Å². The topological polar surface area (TPSA) is 17.1 Å². The average molecular weight is 202 g/mol. The molecule has 0 aromatic rings. The van der Waals surface area contributed by atoms with Gasteiger partial charge in [-0.1, -0.05) is 34.6 Å². The molecule has 0 bridgehead atoms. The second-order valence-electron chi connectivity index (χ2n) is 5.48. The fourth-order valence-electron chi connectivity index (χ4n) is 2.19. The molecular formula is C11H22OS. The molecule has 0 radical (unpaired) electrons. The van der Waals surface area contributed by atoms with E-state index < -0.39 is 10.8 Å². The molecule has 78 valence electrons. The minimum absolute atomic E-state index is 0.382. The molecule has 1 rings (SSSR count). The molecule has 2 atom stereocenters. The Labute approximate surface area is 84.8 Å². The van der Waals surface area contributed by atoms with E-state index in [-0.39, 0.29) is 0 Å². The van der Waals surface area contributed by atoms with Gasteiger partial charge in [0.15, 0.2) is 0 Å². The maximum absolute atomic E-state index is 11.7. The highest BCUT2D eigenvalue weighted by Gasteiger charge is 2.35. The number of hydrogen-bond donors (Lipinski definition) is 0. The summed E-state index contributed by atoms with van der Waals surface area (Å²) >= 11 is 0. The van der Waals surface area contributed by atoms with E-state index >= 15 is 0 Å². The van der Waals surface area contributed by atoms with E-state index in [0.29, 0.717) is 15.9 Å². The van der Waals surface area contributed by atoms with E-state index in [4.69, 9.17) is 0 Å². The number of rotatable bonds is 0. The maximum Gasteiger partial charge on any atom is 0.0325 e. The van der Waals surface area contributed by atoms with E-state index in [1.807, 2.05) is 0 Å². The Morgan fingerprint density at radius 1 is 1.08 bits per heavy atom. The predicted octanol–water partition coefficient (Wildman–Crippen LogP) is 2.97. The summed E-state index contributed by atoms with van der Waals surface area (Å²) in [5.41, 5.74) is 0.382. The Kier molecular flexibility index (Phi) is 3.21. The first kappa shape index (κ1) is 11.2. The van der Waals surface area contributed by atoms with Gasteiger partial charge in [-0.05, 0) is 24.2 Å². The fourth-order valence-corrected chi connectivity index (χ4v) is 3.83. The van der Waals surface area contributed by atoms with Crippen LogP contribution in [0, 0.1) is 11.3 Å². The van der Waals surface area contributed by atoms with E-state index in [0.717, 1.165) is 18.8 Å². The van der Waals surface area contributed by atoms with Gasteiger partial charge >= 0.3 is 0 Å². The predicted molar refractivity (Wildman–Crippen MR) is 59.2 cm³/mol. The normalized spacial score (nSPS) is 41.9. The van der Waals surface area contributed by atoms with Crippen LogP contribution in [0.15, 0.2) is 0 Å². The molecule has 1 aliphatic heterocycles. The third-order valence-electron chi connectivity index (χ3n) is 3.25. The van der Waals surface area contributed by atoms with Crippen LogP contribution in [-0.4, -0.2) is 14.7 Å². The SMILES string of the molecule is CC1CC(C(C)(C)C)CC(C)S1=O. The van der Waals surface area contributed by atoms with Gasteiger partial charge in [-0.25, -0.2) is 0 Å². The van der Waals surface area contributed by atoms with Crippen molar-refractivity contribution in [2.75, 3.05) is 0 Å². The molecule has 2 unspecified atom stereocenters. The van der Waals surface area contributed by atoms with Crippen LogP contribution in [-0.2, 0) is 10.8 Å². The summed E-state index contributed by atoms with van der Waals surface area (Å²) in [7, 11) is -0.585. The van der Waals surface area contributed by atoms with Gasteiger partial charge in [-0.3, -0.25) is 4.21 Å². The Hall–Kier alpha value is 0.150. The lowest BCUT2D eigenvalue weighted by molar-refractivity contribution is 0.204. The molecule has 1 aliphatic rings. The van der Waals surface area contributed by atoms with Gasteiger partial charge in [0.25, 0.3) is 0 Å². The average Bonchev–Trinajstić information content (AvgIpc) is 1.97. The van der Waals surface area contributed by atoms with Gasteiger partial charge < -0.3 is 0 Å². The smallest absolute Gasteiger partial charge is 0.0325 e. The third kappa shape index (κ3) is 2.55. The second kappa shape index (κ2) is 3.72. The van der Waals surface area contributed by atoms with Crippen molar-refractivity contribution in [3.05, 3.63) is 0 Å². The highest BCUT2D eigenvalue weighted by molar-refractivity contribution is 7.86. The molecule has 0 aromatic heterocycles. The lowest BCUT2D eigenvalue weighted by Gasteiger charge is -2.39. The van der Waals surface area contributed by atoms with Crippen LogP contribution in [0.2, 0.25) is 0 Å². The monoisotopic (exact) mass is 202 g/mol. The van der Waals surface area contributed by atoms with Crippen LogP contribution in [0.5, 0.6) is 0 Å². The molecule has 0 N–H and O–H groups in total. The summed E-state index contributed by atoms with van der Waals surface area (Å²) in [5, 5.41) is 0.793. The first-order chi connectivity index (χ1) is 5.82. The van der Waals surface area contributed by atoms with Crippen molar-refractivity contribution >= 4 is 10.8 Å². The molecule has 0 aromatic carbocycles. The zero-order valence-corrected chi connectivity index (χ0v) is 10.3. The van der Waals surface area contributed by atoms with Crippen LogP contribution in [0.3, 0.4) is 0 Å². The second-order valence-corrected chi connectivity index (χ2v) is 7.75. The zero-order valence-electron chi connectivity index (χ0n) is 9.46. The van der Waals surface area contributed by atoms with Crippen molar-refractivity contribution in [2.45, 2.75) is 58.0 Å². The van der Waals surface area contributed by atoms with Gasteiger partial charge in [0.2, 0.25) is 0 Å². The molecule has 1 saturated heterocycles.